The van der Waals surface area contributed by atoms with Gasteiger partial charge in [-0.1, -0.05) is 12.1 Å². The van der Waals surface area contributed by atoms with Crippen LogP contribution >= 0.6 is 0 Å². The first-order valence-electron chi connectivity index (χ1n) is 6.97. The van der Waals surface area contributed by atoms with E-state index in [9.17, 15) is 0 Å². The molecule has 0 radical (unpaired) electrons. The van der Waals surface area contributed by atoms with E-state index in [1.807, 2.05) is 0 Å². The van der Waals surface area contributed by atoms with Crippen molar-refractivity contribution in [2.24, 2.45) is 5.73 Å². The van der Waals surface area contributed by atoms with E-state index in [0.29, 0.717) is 0 Å². The van der Waals surface area contributed by atoms with Gasteiger partial charge in [-0.25, -0.2) is 0 Å². The maximum Gasteiger partial charge on any atom is 0.124 e. The molecule has 3 nitrogen and oxygen atoms in total. The summed E-state index contributed by atoms with van der Waals surface area (Å²) in [6.07, 6.45) is 2.13. The van der Waals surface area contributed by atoms with Crippen LogP contribution in [0.3, 0.4) is 0 Å². The summed E-state index contributed by atoms with van der Waals surface area (Å²) in [7, 11) is 1.73. The largest absolute Gasteiger partial charge is 0.496 e. The molecule has 0 amide bonds. The van der Waals surface area contributed by atoms with Crippen molar-refractivity contribution in [1.82, 2.24) is 0 Å². The number of aryl methyl sites for hydroxylation is 2. The van der Waals surface area contributed by atoms with E-state index in [2.05, 4.69) is 32.9 Å². The molecule has 1 aliphatic heterocycles. The summed E-state index contributed by atoms with van der Waals surface area (Å²) >= 11 is 0. The topological polar surface area (TPSA) is 44.5 Å². The number of rotatable bonds is 5. The first-order chi connectivity index (χ1) is 8.98. The molecule has 106 valence electrons. The number of hydrogen-bond donors (Lipinski definition) is 1. The number of benzene rings is 1. The minimum atomic E-state index is 0.162. The molecule has 0 aliphatic carbocycles. The molecule has 3 heteroatoms. The second kappa shape index (κ2) is 5.51. The van der Waals surface area contributed by atoms with Crippen molar-refractivity contribution in [2.45, 2.75) is 45.1 Å². The third kappa shape index (κ3) is 2.77. The van der Waals surface area contributed by atoms with E-state index < -0.39 is 0 Å². The van der Waals surface area contributed by atoms with Gasteiger partial charge in [0, 0.05) is 11.5 Å². The second-order valence-corrected chi connectivity index (χ2v) is 5.93. The highest BCUT2D eigenvalue weighted by Crippen LogP contribution is 2.39. The monoisotopic (exact) mass is 263 g/mol. The fourth-order valence-electron chi connectivity index (χ4n) is 2.89. The van der Waals surface area contributed by atoms with Gasteiger partial charge in [0.05, 0.1) is 20.3 Å². The SMILES string of the molecule is COc1c(C)cc(C2(CCC(C)N)COC2)cc1C. The van der Waals surface area contributed by atoms with E-state index in [4.69, 9.17) is 15.2 Å². The van der Waals surface area contributed by atoms with Gasteiger partial charge < -0.3 is 15.2 Å². The standard InChI is InChI=1S/C16H25NO2/c1-11-7-14(8-12(2)15(11)18-4)16(9-19-10-16)6-5-13(3)17/h7-8,13H,5-6,9-10,17H2,1-4H3. The average Bonchev–Trinajstić information content (AvgIpc) is 2.26. The third-order valence-corrected chi connectivity index (χ3v) is 4.11. The van der Waals surface area contributed by atoms with Crippen LogP contribution in [0.15, 0.2) is 12.1 Å². The van der Waals surface area contributed by atoms with Gasteiger partial charge in [0.25, 0.3) is 0 Å². The predicted octanol–water partition coefficient (Wildman–Crippen LogP) is 2.71. The highest BCUT2D eigenvalue weighted by Gasteiger charge is 2.40. The first kappa shape index (κ1) is 14.4. The Labute approximate surface area is 116 Å². The molecule has 0 bridgehead atoms. The summed E-state index contributed by atoms with van der Waals surface area (Å²) in [5.41, 5.74) is 9.83. The van der Waals surface area contributed by atoms with Crippen LogP contribution in [0.1, 0.15) is 36.5 Å². The summed E-state index contributed by atoms with van der Waals surface area (Å²) in [5.74, 6) is 0.992. The molecule has 0 saturated carbocycles. The summed E-state index contributed by atoms with van der Waals surface area (Å²) in [6, 6.07) is 4.74. The van der Waals surface area contributed by atoms with Crippen LogP contribution in [-0.4, -0.2) is 26.4 Å². The summed E-state index contributed by atoms with van der Waals surface area (Å²) in [4.78, 5) is 0. The van der Waals surface area contributed by atoms with Crippen LogP contribution in [-0.2, 0) is 10.2 Å². The highest BCUT2D eigenvalue weighted by molar-refractivity contribution is 5.46. The van der Waals surface area contributed by atoms with E-state index in [1.54, 1.807) is 7.11 Å². The lowest BCUT2D eigenvalue weighted by Crippen LogP contribution is -2.47. The van der Waals surface area contributed by atoms with E-state index in [-0.39, 0.29) is 11.5 Å². The molecule has 1 saturated heterocycles. The number of ether oxygens (including phenoxy) is 2. The first-order valence-corrected chi connectivity index (χ1v) is 6.97. The Morgan fingerprint density at radius 2 is 1.89 bits per heavy atom. The summed E-state index contributed by atoms with van der Waals surface area (Å²) < 4.78 is 10.9. The maximum atomic E-state index is 5.90. The Balaban J connectivity index is 2.28. The zero-order chi connectivity index (χ0) is 14.0. The minimum absolute atomic E-state index is 0.162. The molecular weight excluding hydrogens is 238 g/mol. The van der Waals surface area contributed by atoms with Crippen molar-refractivity contribution >= 4 is 0 Å². The van der Waals surface area contributed by atoms with E-state index in [0.717, 1.165) is 31.8 Å². The van der Waals surface area contributed by atoms with Crippen LogP contribution < -0.4 is 10.5 Å². The molecule has 19 heavy (non-hydrogen) atoms. The maximum absolute atomic E-state index is 5.90. The van der Waals surface area contributed by atoms with Crippen LogP contribution in [0.25, 0.3) is 0 Å². The predicted molar refractivity (Wildman–Crippen MR) is 77.8 cm³/mol. The van der Waals surface area contributed by atoms with Gasteiger partial charge >= 0.3 is 0 Å². The van der Waals surface area contributed by atoms with Gasteiger partial charge in [-0.15, -0.1) is 0 Å². The Hall–Kier alpha value is -1.06. The molecule has 2 rings (SSSR count). The van der Waals surface area contributed by atoms with Crippen molar-refractivity contribution in [3.05, 3.63) is 28.8 Å². The molecule has 0 aromatic heterocycles. The molecule has 1 fully saturated rings. The molecule has 1 unspecified atom stereocenters. The van der Waals surface area contributed by atoms with Crippen molar-refractivity contribution in [1.29, 1.82) is 0 Å². The number of hydrogen-bond acceptors (Lipinski definition) is 3. The third-order valence-electron chi connectivity index (χ3n) is 4.11. The van der Waals surface area contributed by atoms with Crippen molar-refractivity contribution in [3.63, 3.8) is 0 Å². The number of methoxy groups -OCH3 is 1. The van der Waals surface area contributed by atoms with Crippen molar-refractivity contribution in [2.75, 3.05) is 20.3 Å². The quantitative estimate of drug-likeness (QED) is 0.888. The molecule has 0 spiro atoms. The average molecular weight is 263 g/mol. The number of nitrogens with two attached hydrogens (primary N) is 1. The van der Waals surface area contributed by atoms with Gasteiger partial charge in [-0.05, 0) is 50.3 Å². The zero-order valence-electron chi connectivity index (χ0n) is 12.5. The van der Waals surface area contributed by atoms with Gasteiger partial charge in [0.2, 0.25) is 0 Å². The Bertz CT molecular complexity index is 427. The summed E-state index contributed by atoms with van der Waals surface area (Å²) in [6.45, 7) is 7.90. The molecule has 1 heterocycles. The Kier molecular flexibility index (Phi) is 4.16. The lowest BCUT2D eigenvalue weighted by Gasteiger charge is -2.43. The Morgan fingerprint density at radius 1 is 1.32 bits per heavy atom. The van der Waals surface area contributed by atoms with Crippen LogP contribution in [0, 0.1) is 13.8 Å². The molecular formula is C16H25NO2. The van der Waals surface area contributed by atoms with Gasteiger partial charge in [-0.2, -0.15) is 0 Å². The van der Waals surface area contributed by atoms with Crippen molar-refractivity contribution < 1.29 is 9.47 Å². The fourth-order valence-corrected chi connectivity index (χ4v) is 2.89. The van der Waals surface area contributed by atoms with Crippen molar-refractivity contribution in [3.8, 4) is 5.75 Å². The lowest BCUT2D eigenvalue weighted by atomic mass is 9.73. The smallest absolute Gasteiger partial charge is 0.124 e. The summed E-state index contributed by atoms with van der Waals surface area (Å²) in [5, 5.41) is 0. The molecule has 1 aromatic carbocycles. The Morgan fingerprint density at radius 3 is 2.26 bits per heavy atom. The molecule has 1 atom stereocenters. The highest BCUT2D eigenvalue weighted by atomic mass is 16.5. The van der Waals surface area contributed by atoms with Crippen LogP contribution in [0.4, 0.5) is 0 Å². The van der Waals surface area contributed by atoms with Gasteiger partial charge in [0.15, 0.2) is 0 Å². The zero-order valence-corrected chi connectivity index (χ0v) is 12.5. The van der Waals surface area contributed by atoms with Gasteiger partial charge in [0.1, 0.15) is 5.75 Å². The van der Waals surface area contributed by atoms with Gasteiger partial charge in [-0.3, -0.25) is 0 Å². The van der Waals surface area contributed by atoms with Crippen LogP contribution in [0.2, 0.25) is 0 Å². The molecule has 1 aromatic rings. The molecule has 2 N–H and O–H groups in total. The lowest BCUT2D eigenvalue weighted by molar-refractivity contribution is -0.0657. The normalized spacial score (nSPS) is 18.8. The fraction of sp³-hybridized carbons (Fsp3) is 0.625. The molecule has 1 aliphatic rings. The van der Waals surface area contributed by atoms with E-state index in [1.165, 1.54) is 16.7 Å². The van der Waals surface area contributed by atoms with E-state index >= 15 is 0 Å². The minimum Gasteiger partial charge on any atom is -0.496 e. The van der Waals surface area contributed by atoms with Crippen LogP contribution in [0.5, 0.6) is 5.75 Å². The second-order valence-electron chi connectivity index (χ2n) is 5.93.